The van der Waals surface area contributed by atoms with E-state index in [1.807, 2.05) is 12.1 Å². The first-order valence-corrected chi connectivity index (χ1v) is 11.4. The normalized spacial score (nSPS) is 27.7. The minimum atomic E-state index is -3.48. The Morgan fingerprint density at radius 3 is 2.81 bits per heavy atom. The van der Waals surface area contributed by atoms with Crippen LogP contribution in [0.1, 0.15) is 30.7 Å². The number of allylic oxidation sites excluding steroid dienone is 1. The van der Waals surface area contributed by atoms with Gasteiger partial charge in [-0.15, -0.1) is 0 Å². The number of fused-ring (bicyclic) bond motifs is 3. The molecule has 4 rings (SSSR count). The molecule has 1 N–H and O–H groups in total. The summed E-state index contributed by atoms with van der Waals surface area (Å²) >= 11 is 12.5. The fraction of sp³-hybridized carbons (Fsp3) is 0.474. The largest absolute Gasteiger partial charge is 0.362 e. The maximum absolute atomic E-state index is 12.5. The Morgan fingerprint density at radius 2 is 2.12 bits per heavy atom. The Morgan fingerprint density at radius 1 is 1.31 bits per heavy atom. The Balaban J connectivity index is 1.94. The lowest BCUT2D eigenvalue weighted by atomic mass is 9.93. The molecule has 4 nitrogen and oxygen atoms in total. The van der Waals surface area contributed by atoms with Crippen LogP contribution in [0, 0.1) is 11.8 Å². The molecule has 138 valence electrons. The summed E-state index contributed by atoms with van der Waals surface area (Å²) in [6.45, 7) is 1.90. The second-order valence-corrected chi connectivity index (χ2v) is 9.86. The fourth-order valence-corrected chi connectivity index (χ4v) is 6.16. The molecule has 1 aromatic carbocycles. The number of nitrogens with one attached hydrogen (secondary N) is 1. The molecule has 1 saturated heterocycles. The molecule has 2 heterocycles. The van der Waals surface area contributed by atoms with Crippen LogP contribution >= 0.6 is 23.2 Å². The van der Waals surface area contributed by atoms with Crippen LogP contribution < -0.4 is 10.2 Å². The summed E-state index contributed by atoms with van der Waals surface area (Å²) in [5.74, 6) is 5.98. The standard InChI is InChI=1S/C19H20Cl2N2O2S/c1-26(24,25)19-15(21)7-9-17-18(19)14-6-4-12(20)5-8-16(14)23(17)13-3-2-10-22-11-13/h5,7,9,13-14,16,22H,2-3,8,10-11H2,1H3. The van der Waals surface area contributed by atoms with Gasteiger partial charge >= 0.3 is 0 Å². The number of halogens is 2. The minimum Gasteiger partial charge on any atom is -0.362 e. The third-order valence-electron chi connectivity index (χ3n) is 5.38. The van der Waals surface area contributed by atoms with Gasteiger partial charge in [0.25, 0.3) is 0 Å². The highest BCUT2D eigenvalue weighted by Crippen LogP contribution is 2.49. The number of sulfone groups is 1. The molecule has 26 heavy (non-hydrogen) atoms. The van der Waals surface area contributed by atoms with Crippen molar-refractivity contribution in [1.29, 1.82) is 0 Å². The maximum Gasteiger partial charge on any atom is 0.177 e. The highest BCUT2D eigenvalue weighted by Gasteiger charge is 2.44. The zero-order valence-corrected chi connectivity index (χ0v) is 16.8. The molecule has 2 aliphatic heterocycles. The van der Waals surface area contributed by atoms with Gasteiger partial charge in [0, 0.05) is 30.1 Å². The number of hydrogen-bond acceptors (Lipinski definition) is 4. The van der Waals surface area contributed by atoms with E-state index in [0.717, 1.165) is 43.6 Å². The topological polar surface area (TPSA) is 49.4 Å². The van der Waals surface area contributed by atoms with E-state index < -0.39 is 9.84 Å². The SMILES string of the molecule is CS(=O)(=O)c1c(Cl)ccc2c1C1C#CC(Cl)=CCC1N2C1CCCNC1. The first-order valence-electron chi connectivity index (χ1n) is 8.76. The van der Waals surface area contributed by atoms with Crippen LogP contribution in [-0.2, 0) is 9.84 Å². The summed E-state index contributed by atoms with van der Waals surface area (Å²) in [5.41, 5.74) is 1.68. The zero-order valence-electron chi connectivity index (χ0n) is 14.4. The minimum absolute atomic E-state index is 0.0672. The van der Waals surface area contributed by atoms with E-state index in [4.69, 9.17) is 23.2 Å². The van der Waals surface area contributed by atoms with E-state index in [0.29, 0.717) is 11.1 Å². The molecule has 1 aromatic rings. The highest BCUT2D eigenvalue weighted by molar-refractivity contribution is 7.90. The smallest absolute Gasteiger partial charge is 0.177 e. The molecule has 0 saturated carbocycles. The van der Waals surface area contributed by atoms with Crippen molar-refractivity contribution in [2.24, 2.45) is 0 Å². The fourth-order valence-electron chi connectivity index (χ4n) is 4.38. The molecule has 3 atom stereocenters. The lowest BCUT2D eigenvalue weighted by molar-refractivity contribution is 0.405. The summed E-state index contributed by atoms with van der Waals surface area (Å²) in [4.78, 5) is 2.57. The van der Waals surface area contributed by atoms with Gasteiger partial charge in [-0.25, -0.2) is 8.42 Å². The van der Waals surface area contributed by atoms with Crippen molar-refractivity contribution in [2.75, 3.05) is 24.2 Å². The van der Waals surface area contributed by atoms with Crippen molar-refractivity contribution in [3.05, 3.63) is 33.8 Å². The lowest BCUT2D eigenvalue weighted by Gasteiger charge is -2.38. The lowest BCUT2D eigenvalue weighted by Crippen LogP contribution is -2.49. The van der Waals surface area contributed by atoms with E-state index in [-0.39, 0.29) is 21.9 Å². The molecule has 0 spiro atoms. The van der Waals surface area contributed by atoms with Gasteiger partial charge in [-0.2, -0.15) is 0 Å². The van der Waals surface area contributed by atoms with Crippen LogP contribution in [0.15, 0.2) is 28.1 Å². The Hall–Kier alpha value is -1.19. The first-order chi connectivity index (χ1) is 12.4. The summed E-state index contributed by atoms with van der Waals surface area (Å²) in [7, 11) is -3.48. The molecule has 0 amide bonds. The average Bonchev–Trinajstić information content (AvgIpc) is 2.77. The predicted octanol–water partition coefficient (Wildman–Crippen LogP) is 3.30. The van der Waals surface area contributed by atoms with Gasteiger partial charge in [-0.1, -0.05) is 41.1 Å². The molecule has 1 aliphatic carbocycles. The number of nitrogens with zero attached hydrogens (tertiary/aromatic N) is 1. The van der Waals surface area contributed by atoms with Gasteiger partial charge in [-0.3, -0.25) is 0 Å². The second kappa shape index (κ2) is 6.76. The van der Waals surface area contributed by atoms with Crippen LogP contribution in [0.3, 0.4) is 0 Å². The number of hydrogen-bond donors (Lipinski definition) is 1. The van der Waals surface area contributed by atoms with E-state index in [1.165, 1.54) is 6.26 Å². The van der Waals surface area contributed by atoms with Crippen molar-refractivity contribution in [3.8, 4) is 11.8 Å². The van der Waals surface area contributed by atoms with Crippen LogP contribution in [-0.4, -0.2) is 39.8 Å². The van der Waals surface area contributed by atoms with Crippen LogP contribution in [0.2, 0.25) is 5.02 Å². The van der Waals surface area contributed by atoms with E-state index in [1.54, 1.807) is 6.07 Å². The van der Waals surface area contributed by atoms with Crippen molar-refractivity contribution in [1.82, 2.24) is 5.32 Å². The Labute approximate surface area is 164 Å². The number of rotatable bonds is 2. The summed E-state index contributed by atoms with van der Waals surface area (Å²) < 4.78 is 25.0. The average molecular weight is 411 g/mol. The quantitative estimate of drug-likeness (QED) is 0.759. The highest BCUT2D eigenvalue weighted by atomic mass is 35.5. The van der Waals surface area contributed by atoms with Crippen LogP contribution in [0.4, 0.5) is 5.69 Å². The van der Waals surface area contributed by atoms with Crippen molar-refractivity contribution in [3.63, 3.8) is 0 Å². The van der Waals surface area contributed by atoms with Gasteiger partial charge < -0.3 is 10.2 Å². The molecule has 7 heteroatoms. The van der Waals surface area contributed by atoms with Crippen molar-refractivity contribution < 1.29 is 8.42 Å². The molecule has 0 bridgehead atoms. The molecule has 0 radical (unpaired) electrons. The third-order valence-corrected chi connectivity index (χ3v) is 7.23. The number of benzene rings is 1. The maximum atomic E-state index is 12.5. The summed E-state index contributed by atoms with van der Waals surface area (Å²) in [5, 5.41) is 4.24. The van der Waals surface area contributed by atoms with Crippen LogP contribution in [0.5, 0.6) is 0 Å². The monoisotopic (exact) mass is 410 g/mol. The zero-order chi connectivity index (χ0) is 18.5. The van der Waals surface area contributed by atoms with Gasteiger partial charge in [-0.05, 0) is 37.9 Å². The van der Waals surface area contributed by atoms with Crippen molar-refractivity contribution in [2.45, 2.75) is 42.2 Å². The molecule has 1 fully saturated rings. The Bertz CT molecular complexity index is 940. The second-order valence-electron chi connectivity index (χ2n) is 7.09. The van der Waals surface area contributed by atoms with Crippen LogP contribution in [0.25, 0.3) is 0 Å². The number of anilines is 1. The van der Waals surface area contributed by atoms with Gasteiger partial charge in [0.15, 0.2) is 9.84 Å². The predicted molar refractivity (Wildman–Crippen MR) is 106 cm³/mol. The molecule has 3 aliphatic rings. The molecular weight excluding hydrogens is 391 g/mol. The van der Waals surface area contributed by atoms with E-state index in [2.05, 4.69) is 22.1 Å². The van der Waals surface area contributed by atoms with E-state index >= 15 is 0 Å². The first kappa shape index (κ1) is 18.2. The summed E-state index contributed by atoms with van der Waals surface area (Å²) in [6, 6.07) is 4.01. The molecular formula is C19H20Cl2N2O2S. The summed E-state index contributed by atoms with van der Waals surface area (Å²) in [6.07, 6.45) is 6.04. The molecule has 0 aromatic heterocycles. The number of piperidine rings is 1. The van der Waals surface area contributed by atoms with Gasteiger partial charge in [0.1, 0.15) is 0 Å². The van der Waals surface area contributed by atoms with Gasteiger partial charge in [0.05, 0.1) is 26.9 Å². The van der Waals surface area contributed by atoms with Crippen molar-refractivity contribution >= 4 is 38.7 Å². The molecule has 3 unspecified atom stereocenters. The third kappa shape index (κ3) is 3.03. The Kier molecular flexibility index (Phi) is 4.73. The van der Waals surface area contributed by atoms with E-state index in [9.17, 15) is 8.42 Å². The van der Waals surface area contributed by atoms with Gasteiger partial charge in [0.2, 0.25) is 0 Å².